The molecular weight excluding hydrogens is 192 g/mol. The average Bonchev–Trinajstić information content (AvgIpc) is 2.77. The SMILES string of the molecule is CC(C)=C1[C@H]2C=C[C@@H]1[C@@H]1C(=O)OC(=O)[C@H]12. The van der Waals surface area contributed by atoms with Crippen molar-refractivity contribution in [3.8, 4) is 0 Å². The average molecular weight is 204 g/mol. The molecule has 1 saturated heterocycles. The molecule has 2 aliphatic carbocycles. The minimum absolute atomic E-state index is 0.115. The van der Waals surface area contributed by atoms with Gasteiger partial charge in [-0.2, -0.15) is 0 Å². The standard InChI is InChI=1S/C12H12O3/c1-5(2)8-6-3-4-7(8)10-9(6)11(13)15-12(10)14/h3-4,6-7,9-10H,1-2H3/t6-,7+,9-,10-/m0/s1. The van der Waals surface area contributed by atoms with Gasteiger partial charge < -0.3 is 4.74 Å². The van der Waals surface area contributed by atoms with Crippen molar-refractivity contribution < 1.29 is 14.3 Å². The van der Waals surface area contributed by atoms with Gasteiger partial charge in [-0.15, -0.1) is 0 Å². The lowest BCUT2D eigenvalue weighted by atomic mass is 9.85. The van der Waals surface area contributed by atoms with Gasteiger partial charge in [0.15, 0.2) is 0 Å². The quantitative estimate of drug-likeness (QED) is 0.341. The summed E-state index contributed by atoms with van der Waals surface area (Å²) >= 11 is 0. The van der Waals surface area contributed by atoms with Crippen LogP contribution in [0.4, 0.5) is 0 Å². The highest BCUT2D eigenvalue weighted by molar-refractivity contribution is 5.99. The molecule has 2 bridgehead atoms. The van der Waals surface area contributed by atoms with Crippen LogP contribution in [0.3, 0.4) is 0 Å². The number of rotatable bonds is 0. The van der Waals surface area contributed by atoms with Crippen LogP contribution >= 0.6 is 0 Å². The monoisotopic (exact) mass is 204 g/mol. The van der Waals surface area contributed by atoms with E-state index in [0.717, 1.165) is 0 Å². The second-order valence-corrected chi connectivity index (χ2v) is 4.68. The maximum absolute atomic E-state index is 11.5. The predicted molar refractivity (Wildman–Crippen MR) is 52.6 cm³/mol. The fraction of sp³-hybridized carbons (Fsp3) is 0.500. The summed E-state index contributed by atoms with van der Waals surface area (Å²) in [7, 11) is 0. The van der Waals surface area contributed by atoms with E-state index >= 15 is 0 Å². The molecule has 0 amide bonds. The summed E-state index contributed by atoms with van der Waals surface area (Å²) in [5.41, 5.74) is 2.49. The van der Waals surface area contributed by atoms with Crippen LogP contribution in [-0.4, -0.2) is 11.9 Å². The second-order valence-electron chi connectivity index (χ2n) is 4.68. The number of allylic oxidation sites excluding steroid dienone is 4. The molecule has 78 valence electrons. The molecular formula is C12H12O3. The molecule has 3 rings (SSSR count). The molecule has 3 heteroatoms. The van der Waals surface area contributed by atoms with E-state index in [9.17, 15) is 9.59 Å². The van der Waals surface area contributed by atoms with Gasteiger partial charge in [0.2, 0.25) is 0 Å². The molecule has 0 aromatic heterocycles. The highest BCUT2D eigenvalue weighted by Crippen LogP contribution is 2.55. The molecule has 4 atom stereocenters. The first kappa shape index (κ1) is 8.89. The summed E-state index contributed by atoms with van der Waals surface area (Å²) in [4.78, 5) is 23.0. The number of hydrogen-bond acceptors (Lipinski definition) is 3. The zero-order valence-corrected chi connectivity index (χ0v) is 8.69. The van der Waals surface area contributed by atoms with Crippen LogP contribution in [0.5, 0.6) is 0 Å². The van der Waals surface area contributed by atoms with Gasteiger partial charge in [0.1, 0.15) is 0 Å². The van der Waals surface area contributed by atoms with Gasteiger partial charge in [-0.3, -0.25) is 9.59 Å². The van der Waals surface area contributed by atoms with Gasteiger partial charge in [-0.1, -0.05) is 23.3 Å². The van der Waals surface area contributed by atoms with Crippen molar-refractivity contribution >= 4 is 11.9 Å². The summed E-state index contributed by atoms with van der Waals surface area (Å²) in [5.74, 6) is -0.913. The van der Waals surface area contributed by atoms with Gasteiger partial charge in [-0.05, 0) is 13.8 Å². The smallest absolute Gasteiger partial charge is 0.318 e. The summed E-state index contributed by atoms with van der Waals surface area (Å²) in [6.07, 6.45) is 4.10. The lowest BCUT2D eigenvalue weighted by Gasteiger charge is -2.11. The van der Waals surface area contributed by atoms with Crippen LogP contribution in [0.2, 0.25) is 0 Å². The van der Waals surface area contributed by atoms with Crippen LogP contribution in [0, 0.1) is 23.7 Å². The van der Waals surface area contributed by atoms with Crippen molar-refractivity contribution in [3.05, 3.63) is 23.3 Å². The summed E-state index contributed by atoms with van der Waals surface area (Å²) < 4.78 is 4.70. The molecule has 0 N–H and O–H groups in total. The van der Waals surface area contributed by atoms with Gasteiger partial charge in [0.25, 0.3) is 0 Å². The molecule has 0 spiro atoms. The van der Waals surface area contributed by atoms with Crippen LogP contribution < -0.4 is 0 Å². The van der Waals surface area contributed by atoms with Gasteiger partial charge in [0.05, 0.1) is 11.8 Å². The number of fused-ring (bicyclic) bond motifs is 5. The van der Waals surface area contributed by atoms with Gasteiger partial charge >= 0.3 is 11.9 Å². The minimum Gasteiger partial charge on any atom is -0.393 e. The summed E-state index contributed by atoms with van der Waals surface area (Å²) in [6.45, 7) is 4.08. The number of esters is 2. The third kappa shape index (κ3) is 0.907. The van der Waals surface area contributed by atoms with Crippen molar-refractivity contribution in [2.45, 2.75) is 13.8 Å². The third-order valence-corrected chi connectivity index (χ3v) is 3.73. The Morgan fingerprint density at radius 2 is 1.53 bits per heavy atom. The van der Waals surface area contributed by atoms with E-state index in [0.29, 0.717) is 0 Å². The van der Waals surface area contributed by atoms with Gasteiger partial charge in [-0.25, -0.2) is 0 Å². The molecule has 1 saturated carbocycles. The topological polar surface area (TPSA) is 43.4 Å². The first-order valence-electron chi connectivity index (χ1n) is 5.22. The normalized spacial score (nSPS) is 41.1. The molecule has 0 radical (unpaired) electrons. The Bertz CT molecular complexity index is 394. The lowest BCUT2D eigenvalue weighted by Crippen LogP contribution is -2.21. The van der Waals surface area contributed by atoms with E-state index in [4.69, 9.17) is 4.74 Å². The van der Waals surface area contributed by atoms with E-state index in [1.54, 1.807) is 0 Å². The largest absolute Gasteiger partial charge is 0.393 e. The van der Waals surface area contributed by atoms with E-state index in [1.165, 1.54) is 11.1 Å². The number of ether oxygens (including phenoxy) is 1. The molecule has 0 unspecified atom stereocenters. The first-order valence-corrected chi connectivity index (χ1v) is 5.22. The van der Waals surface area contributed by atoms with E-state index in [1.807, 2.05) is 26.0 Å². The lowest BCUT2D eigenvalue weighted by molar-refractivity contribution is -0.154. The van der Waals surface area contributed by atoms with Crippen molar-refractivity contribution in [1.29, 1.82) is 0 Å². The Hall–Kier alpha value is -1.38. The van der Waals surface area contributed by atoms with Crippen molar-refractivity contribution in [2.75, 3.05) is 0 Å². The summed E-state index contributed by atoms with van der Waals surface area (Å²) in [5, 5.41) is 0. The fourth-order valence-corrected chi connectivity index (χ4v) is 3.23. The molecule has 2 fully saturated rings. The minimum atomic E-state index is -0.333. The number of carbonyl (C=O) groups is 2. The highest BCUT2D eigenvalue weighted by Gasteiger charge is 2.60. The molecule has 3 nitrogen and oxygen atoms in total. The third-order valence-electron chi connectivity index (χ3n) is 3.73. The zero-order chi connectivity index (χ0) is 10.7. The Morgan fingerprint density at radius 1 is 1.07 bits per heavy atom. The van der Waals surface area contributed by atoms with Crippen molar-refractivity contribution in [3.63, 3.8) is 0 Å². The van der Waals surface area contributed by atoms with Crippen LogP contribution in [0.25, 0.3) is 0 Å². The van der Waals surface area contributed by atoms with Crippen LogP contribution in [-0.2, 0) is 14.3 Å². The molecule has 1 aliphatic heterocycles. The van der Waals surface area contributed by atoms with Crippen molar-refractivity contribution in [1.82, 2.24) is 0 Å². The molecule has 1 heterocycles. The van der Waals surface area contributed by atoms with Crippen LogP contribution in [0.15, 0.2) is 23.3 Å². The Balaban J connectivity index is 2.13. The fourth-order valence-electron chi connectivity index (χ4n) is 3.23. The van der Waals surface area contributed by atoms with Crippen molar-refractivity contribution in [2.24, 2.45) is 23.7 Å². The molecule has 3 aliphatic rings. The second kappa shape index (κ2) is 2.60. The Morgan fingerprint density at radius 3 is 1.93 bits per heavy atom. The van der Waals surface area contributed by atoms with Gasteiger partial charge in [0, 0.05) is 11.8 Å². The van der Waals surface area contributed by atoms with E-state index < -0.39 is 0 Å². The Labute approximate surface area is 87.8 Å². The number of carbonyl (C=O) groups excluding carboxylic acids is 2. The molecule has 15 heavy (non-hydrogen) atoms. The molecule has 0 aromatic carbocycles. The highest BCUT2D eigenvalue weighted by atomic mass is 16.6. The summed E-state index contributed by atoms with van der Waals surface area (Å²) in [6, 6.07) is 0. The predicted octanol–water partition coefficient (Wildman–Crippen LogP) is 1.45. The number of cyclic esters (lactones) is 2. The number of hydrogen-bond donors (Lipinski definition) is 0. The van der Waals surface area contributed by atoms with E-state index in [-0.39, 0.29) is 35.6 Å². The van der Waals surface area contributed by atoms with E-state index in [2.05, 4.69) is 0 Å². The Kier molecular flexibility index (Phi) is 1.54. The maximum atomic E-state index is 11.5. The first-order chi connectivity index (χ1) is 7.11. The zero-order valence-electron chi connectivity index (χ0n) is 8.69. The maximum Gasteiger partial charge on any atom is 0.318 e. The van der Waals surface area contributed by atoms with Crippen LogP contribution in [0.1, 0.15) is 13.8 Å². The molecule has 0 aromatic rings.